The topological polar surface area (TPSA) is 183 Å². The number of benzene rings is 1. The van der Waals surface area contributed by atoms with Gasteiger partial charge in [0.2, 0.25) is 17.7 Å². The smallest absolute Gasteiger partial charge is 0.245 e. The number of nitrogens with two attached hydrogens (primary N) is 1. The SMILES string of the molecule is COc1ccc(C[C@H](NC(=O)CC(C)(C)N)C(=O)N(C)[C@@H](Cc2cnc[nH]2)C(=O)N[C@@H](CC2CCCCC2)C(O)CC(O)C(C)C)cc1. The number of carbonyl (C=O) groups excluding carboxylic acids is 3. The van der Waals surface area contributed by atoms with E-state index in [4.69, 9.17) is 10.5 Å². The molecule has 0 saturated heterocycles. The third-order valence-corrected chi connectivity index (χ3v) is 9.29. The maximum atomic E-state index is 14.3. The number of H-pyrrole nitrogens is 1. The minimum Gasteiger partial charge on any atom is -0.497 e. The van der Waals surface area contributed by atoms with Gasteiger partial charge < -0.3 is 41.2 Å². The van der Waals surface area contributed by atoms with Gasteiger partial charge in [0.05, 0.1) is 31.7 Å². The number of aromatic amines is 1. The summed E-state index contributed by atoms with van der Waals surface area (Å²) >= 11 is 0. The standard InChI is InChI=1S/C36H58N6O6/c1-23(2)31(43)19-32(44)28(16-24-10-8-7-9-11-24)41-34(46)30(18-26-21-38-22-39-26)42(5)35(47)29(40-33(45)20-36(3,4)37)17-25-12-14-27(48-6)15-13-25/h12-15,21-24,28-32,43-44H,7-11,16-20,37H2,1-6H3,(H,38,39)(H,40,45)(H,41,46)/t28-,29-,30-,31?,32?/m0/s1. The molecule has 0 radical (unpaired) electrons. The zero-order chi connectivity index (χ0) is 35.4. The lowest BCUT2D eigenvalue weighted by Crippen LogP contribution is -2.58. The number of aliphatic hydroxyl groups is 2. The molecule has 2 aromatic rings. The first-order chi connectivity index (χ1) is 22.7. The van der Waals surface area contributed by atoms with Gasteiger partial charge in [-0.3, -0.25) is 14.4 Å². The zero-order valence-corrected chi connectivity index (χ0v) is 29.6. The summed E-state index contributed by atoms with van der Waals surface area (Å²) < 4.78 is 5.27. The van der Waals surface area contributed by atoms with E-state index in [0.29, 0.717) is 23.8 Å². The van der Waals surface area contributed by atoms with Crippen molar-refractivity contribution in [1.29, 1.82) is 0 Å². The molecule has 1 aliphatic carbocycles. The van der Waals surface area contributed by atoms with Crippen molar-refractivity contribution >= 4 is 17.7 Å². The van der Waals surface area contributed by atoms with Crippen LogP contribution in [0.2, 0.25) is 0 Å². The lowest BCUT2D eigenvalue weighted by molar-refractivity contribution is -0.142. The minimum absolute atomic E-state index is 0.00410. The number of imidazole rings is 1. The highest BCUT2D eigenvalue weighted by atomic mass is 16.5. The largest absolute Gasteiger partial charge is 0.497 e. The number of ether oxygens (including phenoxy) is 1. The molecule has 3 amide bonds. The number of aromatic nitrogens is 2. The fourth-order valence-electron chi connectivity index (χ4n) is 6.32. The van der Waals surface area contributed by atoms with Crippen LogP contribution in [-0.4, -0.2) is 92.8 Å². The molecule has 48 heavy (non-hydrogen) atoms. The average Bonchev–Trinajstić information content (AvgIpc) is 3.55. The van der Waals surface area contributed by atoms with Gasteiger partial charge in [-0.2, -0.15) is 0 Å². The van der Waals surface area contributed by atoms with Crippen molar-refractivity contribution in [3.05, 3.63) is 48.0 Å². The van der Waals surface area contributed by atoms with Gasteiger partial charge in [0.15, 0.2) is 0 Å². The molecule has 0 spiro atoms. The van der Waals surface area contributed by atoms with Crippen molar-refractivity contribution in [2.75, 3.05) is 14.2 Å². The monoisotopic (exact) mass is 670 g/mol. The van der Waals surface area contributed by atoms with Gasteiger partial charge in [0.25, 0.3) is 0 Å². The van der Waals surface area contributed by atoms with Crippen molar-refractivity contribution in [3.8, 4) is 5.75 Å². The Morgan fingerprint density at radius 2 is 1.73 bits per heavy atom. The van der Waals surface area contributed by atoms with E-state index in [2.05, 4.69) is 20.6 Å². The lowest BCUT2D eigenvalue weighted by atomic mass is 9.82. The first kappa shape index (κ1) is 39.0. The van der Waals surface area contributed by atoms with Crippen LogP contribution in [-0.2, 0) is 27.2 Å². The number of hydrogen-bond donors (Lipinski definition) is 6. The van der Waals surface area contributed by atoms with Gasteiger partial charge in [0.1, 0.15) is 17.8 Å². The van der Waals surface area contributed by atoms with Gasteiger partial charge >= 0.3 is 0 Å². The second kappa shape index (κ2) is 18.3. The molecule has 12 heteroatoms. The van der Waals surface area contributed by atoms with E-state index in [0.717, 1.165) is 31.2 Å². The first-order valence-corrected chi connectivity index (χ1v) is 17.3. The van der Waals surface area contributed by atoms with Crippen LogP contribution in [0.1, 0.15) is 90.3 Å². The molecule has 1 saturated carbocycles. The summed E-state index contributed by atoms with van der Waals surface area (Å²) in [6.07, 6.45) is 7.89. The fraction of sp³-hybridized carbons (Fsp3) is 0.667. The molecule has 1 aromatic heterocycles. The van der Waals surface area contributed by atoms with Crippen LogP contribution in [0.5, 0.6) is 5.75 Å². The van der Waals surface area contributed by atoms with Gasteiger partial charge in [-0.15, -0.1) is 0 Å². The number of methoxy groups -OCH3 is 1. The molecule has 7 N–H and O–H groups in total. The van der Waals surface area contributed by atoms with E-state index in [9.17, 15) is 24.6 Å². The molecule has 1 heterocycles. The average molecular weight is 671 g/mol. The normalized spacial score (nSPS) is 17.2. The molecule has 1 aromatic carbocycles. The summed E-state index contributed by atoms with van der Waals surface area (Å²) in [7, 11) is 3.12. The Morgan fingerprint density at radius 1 is 1.06 bits per heavy atom. The van der Waals surface area contributed by atoms with E-state index in [1.165, 1.54) is 17.6 Å². The number of amides is 3. The van der Waals surface area contributed by atoms with Crippen LogP contribution in [0, 0.1) is 11.8 Å². The van der Waals surface area contributed by atoms with Crippen molar-refractivity contribution in [3.63, 3.8) is 0 Å². The van der Waals surface area contributed by atoms with Crippen LogP contribution in [0.4, 0.5) is 0 Å². The summed E-state index contributed by atoms with van der Waals surface area (Å²) in [4.78, 5) is 50.1. The predicted molar refractivity (Wildman–Crippen MR) is 185 cm³/mol. The number of nitrogens with zero attached hydrogens (tertiary/aromatic N) is 2. The Bertz CT molecular complexity index is 1270. The molecule has 2 unspecified atom stereocenters. The molecule has 1 fully saturated rings. The van der Waals surface area contributed by atoms with Crippen LogP contribution in [0.25, 0.3) is 0 Å². The van der Waals surface area contributed by atoms with Gasteiger partial charge in [-0.25, -0.2) is 4.98 Å². The number of carbonyl (C=O) groups is 3. The molecule has 1 aliphatic rings. The zero-order valence-electron chi connectivity index (χ0n) is 29.6. The predicted octanol–water partition coefficient (Wildman–Crippen LogP) is 2.87. The molecular formula is C36H58N6O6. The Hall–Kier alpha value is -3.48. The highest BCUT2D eigenvalue weighted by Gasteiger charge is 2.36. The summed E-state index contributed by atoms with van der Waals surface area (Å²) in [6.45, 7) is 7.26. The number of nitrogens with one attached hydrogen (secondary N) is 3. The highest BCUT2D eigenvalue weighted by molar-refractivity contribution is 5.92. The first-order valence-electron chi connectivity index (χ1n) is 17.3. The van der Waals surface area contributed by atoms with Gasteiger partial charge in [-0.05, 0) is 49.8 Å². The van der Waals surface area contributed by atoms with Crippen LogP contribution >= 0.6 is 0 Å². The van der Waals surface area contributed by atoms with E-state index >= 15 is 0 Å². The summed E-state index contributed by atoms with van der Waals surface area (Å²) in [6, 6.07) is 4.64. The minimum atomic E-state index is -0.991. The van der Waals surface area contributed by atoms with E-state index in [1.54, 1.807) is 46.3 Å². The molecule has 0 aliphatic heterocycles. The lowest BCUT2D eigenvalue weighted by Gasteiger charge is -2.35. The second-order valence-electron chi connectivity index (χ2n) is 14.6. The van der Waals surface area contributed by atoms with E-state index < -0.39 is 47.7 Å². The van der Waals surface area contributed by atoms with Crippen molar-refractivity contribution < 1.29 is 29.3 Å². The number of rotatable bonds is 18. The quantitative estimate of drug-likeness (QED) is 0.140. The number of aliphatic hydroxyl groups excluding tert-OH is 2. The highest BCUT2D eigenvalue weighted by Crippen LogP contribution is 2.29. The maximum Gasteiger partial charge on any atom is 0.245 e. The summed E-state index contributed by atoms with van der Waals surface area (Å²) in [5.41, 5.74) is 6.77. The van der Waals surface area contributed by atoms with Crippen molar-refractivity contribution in [1.82, 2.24) is 25.5 Å². The Balaban J connectivity index is 1.90. The Labute approximate surface area is 285 Å². The number of likely N-dealkylation sites (N-methyl/N-ethyl adjacent to an activating group) is 1. The molecule has 0 bridgehead atoms. The van der Waals surface area contributed by atoms with Crippen LogP contribution < -0.4 is 21.1 Å². The van der Waals surface area contributed by atoms with E-state index in [1.807, 2.05) is 26.0 Å². The molecule has 268 valence electrons. The molecule has 12 nitrogen and oxygen atoms in total. The van der Waals surface area contributed by atoms with Gasteiger partial charge in [0, 0.05) is 50.2 Å². The number of hydrogen-bond acceptors (Lipinski definition) is 8. The van der Waals surface area contributed by atoms with Crippen molar-refractivity contribution in [2.24, 2.45) is 17.6 Å². The Morgan fingerprint density at radius 3 is 2.29 bits per heavy atom. The maximum absolute atomic E-state index is 14.3. The van der Waals surface area contributed by atoms with E-state index in [-0.39, 0.29) is 37.5 Å². The van der Waals surface area contributed by atoms with Crippen LogP contribution in [0.3, 0.4) is 0 Å². The molecule has 3 rings (SSSR count). The summed E-state index contributed by atoms with van der Waals surface area (Å²) in [5.74, 6) is -0.307. The second-order valence-corrected chi connectivity index (χ2v) is 14.6. The Kier molecular flexibility index (Phi) is 14.9. The third kappa shape index (κ3) is 12.5. The van der Waals surface area contributed by atoms with Crippen LogP contribution in [0.15, 0.2) is 36.8 Å². The summed E-state index contributed by atoms with van der Waals surface area (Å²) in [5, 5.41) is 27.9. The third-order valence-electron chi connectivity index (χ3n) is 9.29. The van der Waals surface area contributed by atoms with Crippen molar-refractivity contribution in [2.45, 2.75) is 128 Å². The fourth-order valence-corrected chi connectivity index (χ4v) is 6.32. The molecular weight excluding hydrogens is 612 g/mol. The van der Waals surface area contributed by atoms with Gasteiger partial charge in [-0.1, -0.05) is 58.1 Å². The molecule has 5 atom stereocenters.